The van der Waals surface area contributed by atoms with Gasteiger partial charge in [0.25, 0.3) is 0 Å². The number of benzene rings is 1. The Balaban J connectivity index is 2.65. The van der Waals surface area contributed by atoms with E-state index in [2.05, 4.69) is 10.5 Å². The van der Waals surface area contributed by atoms with Crippen LogP contribution in [0.3, 0.4) is 0 Å². The molecule has 0 spiro atoms. The van der Waals surface area contributed by atoms with Gasteiger partial charge in [0.1, 0.15) is 4.99 Å². The Labute approximate surface area is 83.7 Å². The van der Waals surface area contributed by atoms with Crippen LogP contribution in [0.5, 0.6) is 0 Å². The highest BCUT2D eigenvalue weighted by Crippen LogP contribution is 1.98. The second-order valence-electron chi connectivity index (χ2n) is 2.87. The Hall–Kier alpha value is -1.22. The Morgan fingerprint density at radius 1 is 1.23 bits per heavy atom. The maximum absolute atomic E-state index is 5.12. The highest BCUT2D eigenvalue weighted by molar-refractivity contribution is 7.80. The van der Waals surface area contributed by atoms with Gasteiger partial charge in [0.15, 0.2) is 0 Å². The van der Waals surface area contributed by atoms with Gasteiger partial charge in [-0.2, -0.15) is 5.10 Å². The summed E-state index contributed by atoms with van der Waals surface area (Å²) in [5, 5.41) is 4.03. The van der Waals surface area contributed by atoms with Crippen LogP contribution >= 0.6 is 12.2 Å². The van der Waals surface area contributed by atoms with Gasteiger partial charge >= 0.3 is 0 Å². The van der Waals surface area contributed by atoms with E-state index in [1.807, 2.05) is 44.2 Å². The molecule has 68 valence electrons. The molecule has 0 aliphatic rings. The first-order valence-electron chi connectivity index (χ1n) is 4.06. The molecule has 1 rings (SSSR count). The zero-order valence-electron chi connectivity index (χ0n) is 7.74. The molecule has 0 aromatic heterocycles. The van der Waals surface area contributed by atoms with Crippen LogP contribution in [0.1, 0.15) is 19.4 Å². The summed E-state index contributed by atoms with van der Waals surface area (Å²) in [7, 11) is 0. The number of hydrogen-bond acceptors (Lipinski definition) is 2. The van der Waals surface area contributed by atoms with Gasteiger partial charge in [-0.15, -0.1) is 0 Å². The summed E-state index contributed by atoms with van der Waals surface area (Å²) in [6, 6.07) is 9.77. The Morgan fingerprint density at radius 3 is 2.38 bits per heavy atom. The maximum Gasteiger partial charge on any atom is 0.126 e. The van der Waals surface area contributed by atoms with Crippen molar-refractivity contribution in [1.29, 1.82) is 0 Å². The van der Waals surface area contributed by atoms with Crippen molar-refractivity contribution >= 4 is 22.9 Å². The number of nitrogens with one attached hydrogen (secondary N) is 1. The molecule has 0 saturated heterocycles. The lowest BCUT2D eigenvalue weighted by Gasteiger charge is -2.02. The highest BCUT2D eigenvalue weighted by atomic mass is 32.1. The maximum atomic E-state index is 5.12. The van der Waals surface area contributed by atoms with Crippen molar-refractivity contribution in [3.8, 4) is 0 Å². The van der Waals surface area contributed by atoms with Crippen molar-refractivity contribution in [2.75, 3.05) is 0 Å². The fourth-order valence-corrected chi connectivity index (χ4v) is 0.998. The summed E-state index contributed by atoms with van der Waals surface area (Å²) in [5.74, 6) is 0. The minimum Gasteiger partial charge on any atom is -0.267 e. The molecule has 0 atom stereocenters. The van der Waals surface area contributed by atoms with Crippen LogP contribution in [0.4, 0.5) is 0 Å². The standard InChI is InChI=1S/C10H12N2S/c1-8(2)11-12-10(13)9-6-4-3-5-7-9/h3-7H,1-2H3,(H,12,13). The Morgan fingerprint density at radius 2 is 1.85 bits per heavy atom. The lowest BCUT2D eigenvalue weighted by Crippen LogP contribution is -2.16. The number of nitrogens with zero attached hydrogens (tertiary/aromatic N) is 1. The largest absolute Gasteiger partial charge is 0.267 e. The topological polar surface area (TPSA) is 24.4 Å². The van der Waals surface area contributed by atoms with Gasteiger partial charge in [-0.05, 0) is 13.8 Å². The highest BCUT2D eigenvalue weighted by Gasteiger charge is 1.96. The molecule has 0 heterocycles. The van der Waals surface area contributed by atoms with Crippen molar-refractivity contribution in [3.05, 3.63) is 35.9 Å². The van der Waals surface area contributed by atoms with Gasteiger partial charge in [-0.1, -0.05) is 42.5 Å². The molecule has 13 heavy (non-hydrogen) atoms. The van der Waals surface area contributed by atoms with E-state index in [4.69, 9.17) is 12.2 Å². The summed E-state index contributed by atoms with van der Waals surface area (Å²) >= 11 is 5.12. The minimum absolute atomic E-state index is 0.654. The van der Waals surface area contributed by atoms with Crippen LogP contribution < -0.4 is 5.43 Å². The van der Waals surface area contributed by atoms with Crippen molar-refractivity contribution in [2.24, 2.45) is 5.10 Å². The fraction of sp³-hybridized carbons (Fsp3) is 0.200. The van der Waals surface area contributed by atoms with Gasteiger partial charge in [-0.25, -0.2) is 0 Å². The summed E-state index contributed by atoms with van der Waals surface area (Å²) in [5.41, 5.74) is 4.76. The zero-order chi connectivity index (χ0) is 9.68. The summed E-state index contributed by atoms with van der Waals surface area (Å²) < 4.78 is 0. The molecule has 0 unspecified atom stereocenters. The first-order chi connectivity index (χ1) is 6.20. The Bertz CT molecular complexity index is 313. The number of hydrogen-bond donors (Lipinski definition) is 1. The molecule has 1 aromatic rings. The second-order valence-corrected chi connectivity index (χ2v) is 3.27. The van der Waals surface area contributed by atoms with Crippen LogP contribution in [0.25, 0.3) is 0 Å². The monoisotopic (exact) mass is 192 g/mol. The van der Waals surface area contributed by atoms with Crippen LogP contribution in [0.2, 0.25) is 0 Å². The molecule has 0 fully saturated rings. The van der Waals surface area contributed by atoms with E-state index in [-0.39, 0.29) is 0 Å². The fourth-order valence-electron chi connectivity index (χ4n) is 0.817. The minimum atomic E-state index is 0.654. The predicted octanol–water partition coefficient (Wildman–Crippen LogP) is 2.35. The molecule has 1 N–H and O–H groups in total. The van der Waals surface area contributed by atoms with E-state index in [0.717, 1.165) is 11.3 Å². The first kappa shape index (κ1) is 9.86. The van der Waals surface area contributed by atoms with Crippen LogP contribution in [0.15, 0.2) is 35.4 Å². The number of rotatable bonds is 2. The number of thiocarbonyl (C=S) groups is 1. The van der Waals surface area contributed by atoms with E-state index < -0.39 is 0 Å². The summed E-state index contributed by atoms with van der Waals surface area (Å²) in [4.78, 5) is 0.654. The third-order valence-corrected chi connectivity index (χ3v) is 1.74. The Kier molecular flexibility index (Phi) is 3.58. The quantitative estimate of drug-likeness (QED) is 0.442. The predicted molar refractivity (Wildman–Crippen MR) is 60.1 cm³/mol. The molecule has 1 aromatic carbocycles. The number of hydrazone groups is 1. The normalized spacial score (nSPS) is 9.08. The van der Waals surface area contributed by atoms with Gasteiger partial charge in [-0.3, -0.25) is 5.43 Å². The lowest BCUT2D eigenvalue weighted by molar-refractivity contribution is 1.04. The van der Waals surface area contributed by atoms with Gasteiger partial charge in [0.05, 0.1) is 0 Å². The first-order valence-corrected chi connectivity index (χ1v) is 4.47. The molecule has 0 bridgehead atoms. The van der Waals surface area contributed by atoms with Gasteiger partial charge in [0.2, 0.25) is 0 Å². The molecular weight excluding hydrogens is 180 g/mol. The summed E-state index contributed by atoms with van der Waals surface area (Å²) in [6.07, 6.45) is 0. The lowest BCUT2D eigenvalue weighted by atomic mass is 10.2. The molecule has 0 aliphatic carbocycles. The van der Waals surface area contributed by atoms with Crippen molar-refractivity contribution < 1.29 is 0 Å². The summed E-state index contributed by atoms with van der Waals surface area (Å²) in [6.45, 7) is 3.83. The van der Waals surface area contributed by atoms with Crippen LogP contribution in [0, 0.1) is 0 Å². The SMILES string of the molecule is CC(C)=NNC(=S)c1ccccc1. The smallest absolute Gasteiger partial charge is 0.126 e. The molecule has 0 radical (unpaired) electrons. The van der Waals surface area contributed by atoms with Crippen molar-refractivity contribution in [1.82, 2.24) is 5.43 Å². The van der Waals surface area contributed by atoms with E-state index in [1.165, 1.54) is 0 Å². The van der Waals surface area contributed by atoms with E-state index >= 15 is 0 Å². The van der Waals surface area contributed by atoms with Crippen LogP contribution in [-0.4, -0.2) is 10.7 Å². The van der Waals surface area contributed by atoms with E-state index in [1.54, 1.807) is 0 Å². The molecular formula is C10H12N2S. The average Bonchev–Trinajstić information content (AvgIpc) is 2.15. The third kappa shape index (κ3) is 3.34. The molecule has 2 nitrogen and oxygen atoms in total. The molecule has 3 heteroatoms. The molecule has 0 aliphatic heterocycles. The van der Waals surface area contributed by atoms with Gasteiger partial charge < -0.3 is 0 Å². The van der Waals surface area contributed by atoms with Crippen LogP contribution in [-0.2, 0) is 0 Å². The molecule has 0 amide bonds. The third-order valence-electron chi connectivity index (χ3n) is 1.42. The zero-order valence-corrected chi connectivity index (χ0v) is 8.56. The average molecular weight is 192 g/mol. The van der Waals surface area contributed by atoms with Gasteiger partial charge in [0, 0.05) is 11.3 Å². The second kappa shape index (κ2) is 4.72. The van der Waals surface area contributed by atoms with Crippen molar-refractivity contribution in [3.63, 3.8) is 0 Å². The molecule has 0 saturated carbocycles. The van der Waals surface area contributed by atoms with Crippen molar-refractivity contribution in [2.45, 2.75) is 13.8 Å². The van der Waals surface area contributed by atoms with E-state index in [0.29, 0.717) is 4.99 Å². The van der Waals surface area contributed by atoms with E-state index in [9.17, 15) is 0 Å².